The van der Waals surface area contributed by atoms with Gasteiger partial charge in [-0.1, -0.05) is 12.1 Å². The Balaban J connectivity index is 1.79. The minimum atomic E-state index is -1.02. The van der Waals surface area contributed by atoms with E-state index in [1.165, 1.54) is 0 Å². The highest BCUT2D eigenvalue weighted by Crippen LogP contribution is 2.48. The number of carbonyl (C=O) groups is 2. The molecular weight excluding hydrogens is 320 g/mol. The Bertz CT molecular complexity index is 700. The lowest BCUT2D eigenvalue weighted by atomic mass is 9.80. The van der Waals surface area contributed by atoms with Gasteiger partial charge in [0.25, 0.3) is 0 Å². The molecule has 3 rings (SSSR count). The van der Waals surface area contributed by atoms with Crippen molar-refractivity contribution in [1.82, 2.24) is 5.32 Å². The number of aliphatic hydroxyl groups excluding tert-OH is 1. The number of nitrogens with one attached hydrogen (secondary N) is 2. The highest BCUT2D eigenvalue weighted by atomic mass is 16.6. The van der Waals surface area contributed by atoms with Crippen LogP contribution in [0.15, 0.2) is 24.3 Å². The maximum atomic E-state index is 12.9. The fourth-order valence-electron chi connectivity index (χ4n) is 3.83. The highest BCUT2D eigenvalue weighted by molar-refractivity contribution is 5.99. The number of morpholine rings is 1. The summed E-state index contributed by atoms with van der Waals surface area (Å²) in [5.41, 5.74) is -0.475. The first-order valence-electron chi connectivity index (χ1n) is 8.65. The molecule has 0 spiro atoms. The van der Waals surface area contributed by atoms with Crippen LogP contribution in [-0.2, 0) is 20.7 Å². The molecule has 2 aliphatic rings. The molecule has 3 N–H and O–H groups in total. The van der Waals surface area contributed by atoms with E-state index in [4.69, 9.17) is 9.84 Å². The zero-order valence-corrected chi connectivity index (χ0v) is 15.2. The van der Waals surface area contributed by atoms with E-state index in [1.807, 2.05) is 45.0 Å². The third kappa shape index (κ3) is 2.83. The van der Waals surface area contributed by atoms with Gasteiger partial charge in [0.2, 0.25) is 5.91 Å². The molecule has 1 aromatic rings. The normalized spacial score (nSPS) is 33.0. The standard InChI is InChI=1S/C19H26N2O4/c1-17(2)18(3)11-14(19(4,21-18)16(24)25-17)15(23)20-13-7-5-12(6-8-13)9-10-22/h5-8,14,21-22H,9-11H2,1-4H3,(H,20,23)/t14-,18-,19+/m1/s1. The molecule has 3 atom stereocenters. The number of carbonyl (C=O) groups excluding carboxylic acids is 2. The number of rotatable bonds is 4. The van der Waals surface area contributed by atoms with Gasteiger partial charge in [-0.3, -0.25) is 14.9 Å². The molecular formula is C19H26N2O4. The largest absolute Gasteiger partial charge is 0.456 e. The predicted molar refractivity (Wildman–Crippen MR) is 94.1 cm³/mol. The number of cyclic esters (lactones) is 1. The van der Waals surface area contributed by atoms with Crippen molar-refractivity contribution in [1.29, 1.82) is 0 Å². The van der Waals surface area contributed by atoms with Crippen LogP contribution in [0.3, 0.4) is 0 Å². The van der Waals surface area contributed by atoms with Gasteiger partial charge in [-0.25, -0.2) is 0 Å². The molecule has 6 heteroatoms. The number of anilines is 1. The Morgan fingerprint density at radius 3 is 2.52 bits per heavy atom. The van der Waals surface area contributed by atoms with Crippen LogP contribution in [0.4, 0.5) is 5.69 Å². The second-order valence-electron chi connectivity index (χ2n) is 7.98. The molecule has 2 bridgehead atoms. The topological polar surface area (TPSA) is 87.7 Å². The quantitative estimate of drug-likeness (QED) is 0.721. The van der Waals surface area contributed by atoms with E-state index in [0.717, 1.165) is 5.56 Å². The number of aliphatic hydroxyl groups is 1. The number of benzene rings is 1. The van der Waals surface area contributed by atoms with E-state index in [2.05, 4.69) is 10.6 Å². The molecule has 25 heavy (non-hydrogen) atoms. The average molecular weight is 346 g/mol. The monoisotopic (exact) mass is 346 g/mol. The second kappa shape index (κ2) is 5.81. The Hall–Kier alpha value is -1.92. The molecule has 1 amide bonds. The van der Waals surface area contributed by atoms with Gasteiger partial charge in [0.05, 0.1) is 11.5 Å². The van der Waals surface area contributed by atoms with Crippen LogP contribution < -0.4 is 10.6 Å². The Kier molecular flexibility index (Phi) is 4.16. The predicted octanol–water partition coefficient (Wildman–Crippen LogP) is 1.62. The molecule has 6 nitrogen and oxygen atoms in total. The van der Waals surface area contributed by atoms with E-state index < -0.39 is 22.6 Å². The lowest BCUT2D eigenvalue weighted by Gasteiger charge is -2.47. The third-order valence-electron chi connectivity index (χ3n) is 5.88. The fraction of sp³-hybridized carbons (Fsp3) is 0.579. The Morgan fingerprint density at radius 1 is 1.28 bits per heavy atom. The second-order valence-corrected chi connectivity index (χ2v) is 7.98. The van der Waals surface area contributed by atoms with Crippen LogP contribution in [0.2, 0.25) is 0 Å². The van der Waals surface area contributed by atoms with Gasteiger partial charge in [-0.05, 0) is 58.2 Å². The molecule has 2 aliphatic heterocycles. The van der Waals surface area contributed by atoms with Crippen LogP contribution in [0.1, 0.15) is 39.7 Å². The van der Waals surface area contributed by atoms with E-state index in [1.54, 1.807) is 6.92 Å². The summed E-state index contributed by atoms with van der Waals surface area (Å²) in [7, 11) is 0. The van der Waals surface area contributed by atoms with Gasteiger partial charge < -0.3 is 15.2 Å². The molecule has 0 saturated carbocycles. The van der Waals surface area contributed by atoms with Gasteiger partial charge in [0, 0.05) is 12.3 Å². The van der Waals surface area contributed by atoms with Crippen molar-refractivity contribution in [3.63, 3.8) is 0 Å². The lowest BCUT2D eigenvalue weighted by molar-refractivity contribution is -0.181. The van der Waals surface area contributed by atoms with Crippen LogP contribution in [0.25, 0.3) is 0 Å². The summed E-state index contributed by atoms with van der Waals surface area (Å²) in [6.07, 6.45) is 1.11. The van der Waals surface area contributed by atoms with Crippen molar-refractivity contribution < 1.29 is 19.4 Å². The van der Waals surface area contributed by atoms with Crippen molar-refractivity contribution in [3.8, 4) is 0 Å². The van der Waals surface area contributed by atoms with Crippen molar-refractivity contribution in [2.45, 2.75) is 57.2 Å². The number of hydrogen-bond donors (Lipinski definition) is 3. The summed E-state index contributed by atoms with van der Waals surface area (Å²) in [6, 6.07) is 7.36. The van der Waals surface area contributed by atoms with Gasteiger partial charge in [0.15, 0.2) is 0 Å². The zero-order valence-electron chi connectivity index (χ0n) is 15.2. The first-order valence-corrected chi connectivity index (χ1v) is 8.65. The summed E-state index contributed by atoms with van der Waals surface area (Å²) >= 11 is 0. The fourth-order valence-corrected chi connectivity index (χ4v) is 3.83. The first-order chi connectivity index (χ1) is 11.6. The van der Waals surface area contributed by atoms with Gasteiger partial charge in [-0.2, -0.15) is 0 Å². The molecule has 2 saturated heterocycles. The number of hydrogen-bond acceptors (Lipinski definition) is 5. The smallest absolute Gasteiger partial charge is 0.327 e. The van der Waals surface area contributed by atoms with Crippen molar-refractivity contribution in [3.05, 3.63) is 29.8 Å². The number of esters is 1. The van der Waals surface area contributed by atoms with Crippen molar-refractivity contribution >= 4 is 17.6 Å². The van der Waals surface area contributed by atoms with E-state index >= 15 is 0 Å². The van der Waals surface area contributed by atoms with E-state index in [0.29, 0.717) is 18.5 Å². The highest BCUT2D eigenvalue weighted by Gasteiger charge is 2.67. The molecule has 0 aliphatic carbocycles. The minimum Gasteiger partial charge on any atom is -0.456 e. The molecule has 0 aromatic heterocycles. The van der Waals surface area contributed by atoms with Gasteiger partial charge in [0.1, 0.15) is 11.1 Å². The minimum absolute atomic E-state index is 0.0916. The summed E-state index contributed by atoms with van der Waals surface area (Å²) < 4.78 is 5.63. The van der Waals surface area contributed by atoms with Crippen LogP contribution in [0.5, 0.6) is 0 Å². The summed E-state index contributed by atoms with van der Waals surface area (Å²) in [4.78, 5) is 25.4. The average Bonchev–Trinajstić information content (AvgIpc) is 2.80. The Morgan fingerprint density at radius 2 is 1.92 bits per heavy atom. The first kappa shape index (κ1) is 17.9. The molecule has 1 aromatic carbocycles. The summed E-state index contributed by atoms with van der Waals surface area (Å²) in [5, 5.41) is 15.2. The number of amides is 1. The SMILES string of the molecule is CC1(C)OC(=O)[C@@]2(C)N[C@]1(C)C[C@@H]2C(=O)Nc1ccc(CCO)cc1. The Labute approximate surface area is 147 Å². The molecule has 0 radical (unpaired) electrons. The number of fused-ring (bicyclic) bond motifs is 2. The maximum absolute atomic E-state index is 12.9. The molecule has 136 valence electrons. The zero-order chi connectivity index (χ0) is 18.5. The lowest BCUT2D eigenvalue weighted by Crippen LogP contribution is -2.69. The van der Waals surface area contributed by atoms with Gasteiger partial charge in [-0.15, -0.1) is 0 Å². The van der Waals surface area contributed by atoms with Crippen molar-refractivity contribution in [2.75, 3.05) is 11.9 Å². The molecule has 2 fully saturated rings. The van der Waals surface area contributed by atoms with E-state index in [-0.39, 0.29) is 18.5 Å². The molecule has 2 heterocycles. The molecule has 0 unspecified atom stereocenters. The van der Waals surface area contributed by atoms with Crippen LogP contribution >= 0.6 is 0 Å². The summed E-state index contributed by atoms with van der Waals surface area (Å²) in [6.45, 7) is 7.57. The maximum Gasteiger partial charge on any atom is 0.327 e. The van der Waals surface area contributed by atoms with Crippen molar-refractivity contribution in [2.24, 2.45) is 5.92 Å². The summed E-state index contributed by atoms with van der Waals surface area (Å²) in [5.74, 6) is -1.09. The van der Waals surface area contributed by atoms with E-state index in [9.17, 15) is 9.59 Å². The number of ether oxygens (including phenoxy) is 1. The van der Waals surface area contributed by atoms with Gasteiger partial charge >= 0.3 is 5.97 Å². The third-order valence-corrected chi connectivity index (χ3v) is 5.88. The van der Waals surface area contributed by atoms with Crippen LogP contribution in [0, 0.1) is 5.92 Å². The van der Waals surface area contributed by atoms with Crippen LogP contribution in [-0.4, -0.2) is 40.3 Å².